The van der Waals surface area contributed by atoms with Crippen LogP contribution in [0.25, 0.3) is 0 Å². The minimum absolute atomic E-state index is 0.0774. The molecule has 3 heterocycles. The Morgan fingerprint density at radius 3 is 2.75 bits per heavy atom. The Balaban J connectivity index is 1.49. The lowest BCUT2D eigenvalue weighted by atomic mass is 9.97. The van der Waals surface area contributed by atoms with Gasteiger partial charge in [-0.1, -0.05) is 6.07 Å². The standard InChI is InChI=1S/C20H25N3O3S2/c1-15-6-9-19(27-15)28(25,26)22-11-3-5-17(14-22)20(24)23(18-7-8-18)13-16-4-2-10-21-12-16/h2,4,6,9-10,12,17-18H,3,5,7-8,11,13-14H2,1H3/t17-/m1/s1. The second kappa shape index (κ2) is 7.93. The third kappa shape index (κ3) is 4.14. The van der Waals surface area contributed by atoms with Gasteiger partial charge < -0.3 is 4.90 Å². The van der Waals surface area contributed by atoms with Crippen LogP contribution in [-0.4, -0.2) is 47.6 Å². The van der Waals surface area contributed by atoms with Gasteiger partial charge in [0.05, 0.1) is 5.92 Å². The van der Waals surface area contributed by atoms with Gasteiger partial charge in [-0.25, -0.2) is 8.42 Å². The number of carbonyl (C=O) groups excluding carboxylic acids is 1. The number of aromatic nitrogens is 1. The first kappa shape index (κ1) is 19.5. The van der Waals surface area contributed by atoms with Crippen molar-refractivity contribution in [2.75, 3.05) is 13.1 Å². The maximum absolute atomic E-state index is 13.3. The molecule has 2 aromatic rings. The zero-order valence-corrected chi connectivity index (χ0v) is 17.6. The number of carbonyl (C=O) groups is 1. The lowest BCUT2D eigenvalue weighted by Crippen LogP contribution is -2.47. The van der Waals surface area contributed by atoms with E-state index in [-0.39, 0.29) is 24.4 Å². The molecule has 0 bridgehead atoms. The fourth-order valence-electron chi connectivity index (χ4n) is 3.74. The van der Waals surface area contributed by atoms with Gasteiger partial charge >= 0.3 is 0 Å². The summed E-state index contributed by atoms with van der Waals surface area (Å²) in [5.74, 6) is -0.199. The van der Waals surface area contributed by atoms with Crippen LogP contribution in [0.5, 0.6) is 0 Å². The Bertz CT molecular complexity index is 939. The molecule has 1 aliphatic heterocycles. The van der Waals surface area contributed by atoms with Crippen LogP contribution in [0, 0.1) is 12.8 Å². The molecule has 2 fully saturated rings. The molecule has 0 N–H and O–H groups in total. The van der Waals surface area contributed by atoms with E-state index in [2.05, 4.69) is 4.98 Å². The molecule has 28 heavy (non-hydrogen) atoms. The van der Waals surface area contributed by atoms with Crippen LogP contribution < -0.4 is 0 Å². The average molecular weight is 420 g/mol. The van der Waals surface area contributed by atoms with Gasteiger partial charge in [-0.05, 0) is 56.4 Å². The van der Waals surface area contributed by atoms with E-state index < -0.39 is 10.0 Å². The van der Waals surface area contributed by atoms with Crippen molar-refractivity contribution in [3.05, 3.63) is 47.1 Å². The monoisotopic (exact) mass is 419 g/mol. The van der Waals surface area contributed by atoms with Gasteiger partial charge in [0.1, 0.15) is 4.21 Å². The first-order valence-corrected chi connectivity index (χ1v) is 12.0. The summed E-state index contributed by atoms with van der Waals surface area (Å²) in [7, 11) is -3.53. The number of amides is 1. The highest BCUT2D eigenvalue weighted by atomic mass is 32.2. The van der Waals surface area contributed by atoms with Crippen LogP contribution in [-0.2, 0) is 21.4 Å². The predicted octanol–water partition coefficient (Wildman–Crippen LogP) is 3.04. The molecule has 6 nitrogen and oxygen atoms in total. The fraction of sp³-hybridized carbons (Fsp3) is 0.500. The Morgan fingerprint density at radius 2 is 2.11 bits per heavy atom. The fourth-order valence-corrected chi connectivity index (χ4v) is 6.70. The Hall–Kier alpha value is -1.77. The lowest BCUT2D eigenvalue weighted by Gasteiger charge is -2.34. The van der Waals surface area contributed by atoms with Crippen LogP contribution in [0.3, 0.4) is 0 Å². The molecular formula is C20H25N3O3S2. The summed E-state index contributed by atoms with van der Waals surface area (Å²) in [4.78, 5) is 20.3. The molecule has 2 aliphatic rings. The molecule has 1 aliphatic carbocycles. The highest BCUT2D eigenvalue weighted by molar-refractivity contribution is 7.91. The summed E-state index contributed by atoms with van der Waals surface area (Å²) in [6.07, 6.45) is 7.02. The van der Waals surface area contributed by atoms with Crippen LogP contribution in [0.4, 0.5) is 0 Å². The van der Waals surface area contributed by atoms with E-state index in [0.29, 0.717) is 23.7 Å². The number of sulfonamides is 1. The van der Waals surface area contributed by atoms with E-state index in [0.717, 1.165) is 29.7 Å². The van der Waals surface area contributed by atoms with E-state index in [9.17, 15) is 13.2 Å². The summed E-state index contributed by atoms with van der Waals surface area (Å²) in [6.45, 7) is 3.20. The number of aryl methyl sites for hydroxylation is 1. The van der Waals surface area contributed by atoms with Crippen molar-refractivity contribution in [2.45, 2.75) is 49.4 Å². The number of thiophene rings is 1. The molecule has 0 radical (unpaired) electrons. The molecule has 4 rings (SSSR count). The predicted molar refractivity (Wildman–Crippen MR) is 108 cm³/mol. The Labute approximate surface area is 170 Å². The SMILES string of the molecule is Cc1ccc(S(=O)(=O)N2CCC[C@@H](C(=O)N(Cc3cccnc3)C3CC3)C2)s1. The number of hydrogen-bond acceptors (Lipinski definition) is 5. The topological polar surface area (TPSA) is 70.6 Å². The number of piperidine rings is 1. The largest absolute Gasteiger partial charge is 0.335 e. The van der Waals surface area contributed by atoms with Crippen LogP contribution in [0.15, 0.2) is 40.9 Å². The molecule has 8 heteroatoms. The van der Waals surface area contributed by atoms with Gasteiger partial charge in [-0.15, -0.1) is 11.3 Å². The summed E-state index contributed by atoms with van der Waals surface area (Å²) in [5.41, 5.74) is 1.01. The maximum Gasteiger partial charge on any atom is 0.252 e. The van der Waals surface area contributed by atoms with E-state index in [4.69, 9.17) is 0 Å². The van der Waals surface area contributed by atoms with Crippen molar-refractivity contribution in [1.82, 2.24) is 14.2 Å². The van der Waals surface area contributed by atoms with Crippen molar-refractivity contribution in [2.24, 2.45) is 5.92 Å². The van der Waals surface area contributed by atoms with Gasteiger partial charge in [-0.2, -0.15) is 4.31 Å². The Kier molecular flexibility index (Phi) is 5.53. The van der Waals surface area contributed by atoms with E-state index in [1.54, 1.807) is 18.5 Å². The second-order valence-corrected chi connectivity index (χ2v) is 11.1. The number of rotatable bonds is 6. The van der Waals surface area contributed by atoms with Gasteiger partial charge in [0.15, 0.2) is 0 Å². The summed E-state index contributed by atoms with van der Waals surface area (Å²) < 4.78 is 27.8. The normalized spacial score (nSPS) is 20.8. The summed E-state index contributed by atoms with van der Waals surface area (Å²) >= 11 is 1.29. The molecular weight excluding hydrogens is 394 g/mol. The molecule has 1 saturated carbocycles. The third-order valence-corrected chi connectivity index (χ3v) is 8.72. The summed E-state index contributed by atoms with van der Waals surface area (Å²) in [6, 6.07) is 7.63. The van der Waals surface area contributed by atoms with Crippen molar-refractivity contribution < 1.29 is 13.2 Å². The van der Waals surface area contributed by atoms with Gasteiger partial charge in [-0.3, -0.25) is 9.78 Å². The van der Waals surface area contributed by atoms with E-state index in [1.165, 1.54) is 15.6 Å². The molecule has 0 aromatic carbocycles. The quantitative estimate of drug-likeness (QED) is 0.722. The van der Waals surface area contributed by atoms with Gasteiger partial charge in [0.2, 0.25) is 5.91 Å². The van der Waals surface area contributed by atoms with E-state index >= 15 is 0 Å². The van der Waals surface area contributed by atoms with Crippen molar-refractivity contribution in [3.63, 3.8) is 0 Å². The van der Waals surface area contributed by atoms with Crippen molar-refractivity contribution in [3.8, 4) is 0 Å². The first-order chi connectivity index (χ1) is 13.4. The van der Waals surface area contributed by atoms with Crippen molar-refractivity contribution in [1.29, 1.82) is 0 Å². The first-order valence-electron chi connectivity index (χ1n) is 9.71. The minimum atomic E-state index is -3.53. The maximum atomic E-state index is 13.3. The molecule has 0 spiro atoms. The minimum Gasteiger partial charge on any atom is -0.335 e. The zero-order chi connectivity index (χ0) is 19.7. The summed E-state index contributed by atoms with van der Waals surface area (Å²) in [5, 5.41) is 0. The molecule has 0 unspecified atom stereocenters. The lowest BCUT2D eigenvalue weighted by molar-refractivity contribution is -0.138. The highest BCUT2D eigenvalue weighted by Gasteiger charge is 2.39. The molecule has 1 saturated heterocycles. The highest BCUT2D eigenvalue weighted by Crippen LogP contribution is 2.33. The zero-order valence-electron chi connectivity index (χ0n) is 16.0. The molecule has 150 valence electrons. The number of pyridine rings is 1. The van der Waals surface area contributed by atoms with Crippen LogP contribution in [0.2, 0.25) is 0 Å². The third-order valence-electron chi connectivity index (χ3n) is 5.39. The number of hydrogen-bond donors (Lipinski definition) is 0. The van der Waals surface area contributed by atoms with Crippen LogP contribution >= 0.6 is 11.3 Å². The second-order valence-electron chi connectivity index (χ2n) is 7.63. The molecule has 1 amide bonds. The van der Waals surface area contributed by atoms with Crippen molar-refractivity contribution >= 4 is 27.3 Å². The van der Waals surface area contributed by atoms with E-state index in [1.807, 2.05) is 30.0 Å². The smallest absolute Gasteiger partial charge is 0.252 e. The van der Waals surface area contributed by atoms with Gasteiger partial charge in [0.25, 0.3) is 10.0 Å². The molecule has 1 atom stereocenters. The Morgan fingerprint density at radius 1 is 1.29 bits per heavy atom. The number of nitrogens with zero attached hydrogens (tertiary/aromatic N) is 3. The molecule has 2 aromatic heterocycles. The average Bonchev–Trinajstić information content (AvgIpc) is 3.46. The van der Waals surface area contributed by atoms with Gasteiger partial charge in [0, 0.05) is 42.9 Å². The van der Waals surface area contributed by atoms with Crippen LogP contribution in [0.1, 0.15) is 36.1 Å².